The van der Waals surface area contributed by atoms with Crippen molar-refractivity contribution >= 4 is 26.6 Å². The van der Waals surface area contributed by atoms with Crippen molar-refractivity contribution in [3.05, 3.63) is 65.9 Å². The number of aryl methyl sites for hydroxylation is 1. The molecular formula is C19H21N3O2S. The van der Waals surface area contributed by atoms with E-state index in [1.54, 1.807) is 31.2 Å². The lowest BCUT2D eigenvalue weighted by atomic mass is 10.2. The van der Waals surface area contributed by atoms with Crippen molar-refractivity contribution in [2.75, 3.05) is 18.8 Å². The normalized spacial score (nSPS) is 11.8. The van der Waals surface area contributed by atoms with Crippen molar-refractivity contribution in [2.24, 2.45) is 0 Å². The van der Waals surface area contributed by atoms with Gasteiger partial charge in [0.05, 0.1) is 21.8 Å². The zero-order chi connectivity index (χ0) is 18.0. The highest BCUT2D eigenvalue weighted by molar-refractivity contribution is 7.92. The molecule has 0 saturated heterocycles. The Bertz CT molecular complexity index is 1010. The third kappa shape index (κ3) is 3.81. The second-order valence-electron chi connectivity index (χ2n) is 6.29. The van der Waals surface area contributed by atoms with Gasteiger partial charge in [-0.15, -0.1) is 0 Å². The molecule has 130 valence electrons. The number of hydrogen-bond donors (Lipinski definition) is 1. The van der Waals surface area contributed by atoms with Crippen LogP contribution in [0.1, 0.15) is 11.3 Å². The molecule has 0 amide bonds. The number of pyridine rings is 1. The minimum Gasteiger partial charge on any atom is -0.304 e. The summed E-state index contributed by atoms with van der Waals surface area (Å²) in [5, 5.41) is 0.896. The molecular weight excluding hydrogens is 334 g/mol. The molecule has 25 heavy (non-hydrogen) atoms. The number of benzene rings is 2. The van der Waals surface area contributed by atoms with Gasteiger partial charge in [-0.05, 0) is 44.8 Å². The van der Waals surface area contributed by atoms with E-state index in [2.05, 4.69) is 9.71 Å². The molecule has 5 nitrogen and oxygen atoms in total. The molecule has 1 heterocycles. The summed E-state index contributed by atoms with van der Waals surface area (Å²) in [5.74, 6) is 0. The molecule has 0 aliphatic carbocycles. The van der Waals surface area contributed by atoms with Crippen molar-refractivity contribution in [1.29, 1.82) is 0 Å². The van der Waals surface area contributed by atoms with E-state index in [-0.39, 0.29) is 4.90 Å². The van der Waals surface area contributed by atoms with E-state index in [9.17, 15) is 8.42 Å². The molecule has 0 atom stereocenters. The Morgan fingerprint density at radius 2 is 1.76 bits per heavy atom. The van der Waals surface area contributed by atoms with Crippen LogP contribution in [0.5, 0.6) is 0 Å². The summed E-state index contributed by atoms with van der Waals surface area (Å²) in [6, 6.07) is 16.3. The minimum absolute atomic E-state index is 0.274. The van der Waals surface area contributed by atoms with Crippen LogP contribution in [0.25, 0.3) is 10.9 Å². The number of nitrogens with one attached hydrogen (secondary N) is 1. The maximum absolute atomic E-state index is 12.8. The van der Waals surface area contributed by atoms with Crippen molar-refractivity contribution in [3.8, 4) is 0 Å². The maximum atomic E-state index is 12.8. The highest BCUT2D eigenvalue weighted by Crippen LogP contribution is 2.25. The first-order chi connectivity index (χ1) is 11.9. The maximum Gasteiger partial charge on any atom is 0.262 e. The number of fused-ring (bicyclic) bond motifs is 1. The molecule has 0 spiro atoms. The number of aromatic nitrogens is 1. The average molecular weight is 355 g/mol. The van der Waals surface area contributed by atoms with E-state index in [1.165, 1.54) is 0 Å². The van der Waals surface area contributed by atoms with Crippen LogP contribution in [0.4, 0.5) is 5.69 Å². The van der Waals surface area contributed by atoms with Gasteiger partial charge in [0.1, 0.15) is 0 Å². The number of sulfonamides is 1. The highest BCUT2D eigenvalue weighted by Gasteiger charge is 2.18. The standard InChI is InChI=1S/C19H21N3O2S/c1-14-7-4-5-10-18(14)25(23,24)21-17-9-6-8-15-11-12-16(13-22(2)3)20-19(15)17/h4-12,21H,13H2,1-3H3. The van der Waals surface area contributed by atoms with Crippen LogP contribution in [-0.4, -0.2) is 32.4 Å². The van der Waals surface area contributed by atoms with Crippen LogP contribution in [0.3, 0.4) is 0 Å². The first kappa shape index (κ1) is 17.4. The first-order valence-corrected chi connectivity index (χ1v) is 9.47. The predicted molar refractivity (Wildman–Crippen MR) is 101 cm³/mol. The lowest BCUT2D eigenvalue weighted by Gasteiger charge is -2.13. The highest BCUT2D eigenvalue weighted by atomic mass is 32.2. The van der Waals surface area contributed by atoms with E-state index >= 15 is 0 Å². The van der Waals surface area contributed by atoms with Gasteiger partial charge in [0, 0.05) is 11.9 Å². The fourth-order valence-corrected chi connectivity index (χ4v) is 4.05. The molecule has 0 saturated carbocycles. The molecule has 0 radical (unpaired) electrons. The second kappa shape index (κ2) is 6.82. The number of hydrogen-bond acceptors (Lipinski definition) is 4. The molecule has 0 aliphatic rings. The Labute approximate surface area is 148 Å². The van der Waals surface area contributed by atoms with E-state index in [0.29, 0.717) is 23.3 Å². The summed E-state index contributed by atoms with van der Waals surface area (Å²) in [4.78, 5) is 6.94. The van der Waals surface area contributed by atoms with Gasteiger partial charge >= 0.3 is 0 Å². The summed E-state index contributed by atoms with van der Waals surface area (Å²) in [7, 11) is 0.270. The number of rotatable bonds is 5. The molecule has 1 aromatic heterocycles. The van der Waals surface area contributed by atoms with Crippen molar-refractivity contribution in [1.82, 2.24) is 9.88 Å². The van der Waals surface area contributed by atoms with Crippen molar-refractivity contribution in [3.63, 3.8) is 0 Å². The minimum atomic E-state index is -3.67. The van der Waals surface area contributed by atoms with Crippen LogP contribution in [0, 0.1) is 6.92 Å². The summed E-state index contributed by atoms with van der Waals surface area (Å²) in [5.41, 5.74) is 2.73. The zero-order valence-electron chi connectivity index (χ0n) is 14.5. The van der Waals surface area contributed by atoms with Gasteiger partial charge < -0.3 is 4.90 Å². The van der Waals surface area contributed by atoms with Crippen molar-refractivity contribution < 1.29 is 8.42 Å². The zero-order valence-corrected chi connectivity index (χ0v) is 15.3. The van der Waals surface area contributed by atoms with Gasteiger partial charge in [-0.3, -0.25) is 4.72 Å². The van der Waals surface area contributed by atoms with Crippen LogP contribution < -0.4 is 4.72 Å². The van der Waals surface area contributed by atoms with Crippen LogP contribution in [0.2, 0.25) is 0 Å². The fourth-order valence-electron chi connectivity index (χ4n) is 2.74. The molecule has 3 aromatic rings. The van der Waals surface area contributed by atoms with Gasteiger partial charge in [-0.25, -0.2) is 13.4 Å². The number of nitrogens with zero attached hydrogens (tertiary/aromatic N) is 2. The Morgan fingerprint density at radius 3 is 2.48 bits per heavy atom. The molecule has 0 bridgehead atoms. The number of para-hydroxylation sites is 1. The average Bonchev–Trinajstić information content (AvgIpc) is 2.55. The van der Waals surface area contributed by atoms with Gasteiger partial charge in [0.2, 0.25) is 0 Å². The fraction of sp³-hybridized carbons (Fsp3) is 0.211. The molecule has 0 aliphatic heterocycles. The van der Waals surface area contributed by atoms with Gasteiger partial charge in [0.15, 0.2) is 0 Å². The molecule has 2 aromatic carbocycles. The van der Waals surface area contributed by atoms with E-state index < -0.39 is 10.0 Å². The van der Waals surface area contributed by atoms with E-state index in [4.69, 9.17) is 0 Å². The Morgan fingerprint density at radius 1 is 1.00 bits per heavy atom. The van der Waals surface area contributed by atoms with E-state index in [1.807, 2.05) is 49.3 Å². The van der Waals surface area contributed by atoms with Gasteiger partial charge in [0.25, 0.3) is 10.0 Å². The predicted octanol–water partition coefficient (Wildman–Crippen LogP) is 3.41. The topological polar surface area (TPSA) is 62.3 Å². The SMILES string of the molecule is Cc1ccccc1S(=O)(=O)Nc1cccc2ccc(CN(C)C)nc12. The Balaban J connectivity index is 2.05. The van der Waals surface area contributed by atoms with Crippen molar-refractivity contribution in [2.45, 2.75) is 18.4 Å². The summed E-state index contributed by atoms with van der Waals surface area (Å²) in [6.45, 7) is 2.47. The summed E-state index contributed by atoms with van der Waals surface area (Å²) < 4.78 is 28.3. The lowest BCUT2D eigenvalue weighted by molar-refractivity contribution is 0.397. The molecule has 1 N–H and O–H groups in total. The quantitative estimate of drug-likeness (QED) is 0.762. The molecule has 0 unspecified atom stereocenters. The summed E-state index contributed by atoms with van der Waals surface area (Å²) in [6.07, 6.45) is 0. The smallest absolute Gasteiger partial charge is 0.262 e. The molecule has 3 rings (SSSR count). The van der Waals surface area contributed by atoms with Gasteiger partial charge in [-0.1, -0.05) is 36.4 Å². The van der Waals surface area contributed by atoms with Crippen LogP contribution >= 0.6 is 0 Å². The third-order valence-electron chi connectivity index (χ3n) is 3.88. The van der Waals surface area contributed by atoms with E-state index in [0.717, 1.165) is 11.1 Å². The molecule has 0 fully saturated rings. The largest absolute Gasteiger partial charge is 0.304 e. The third-order valence-corrected chi connectivity index (χ3v) is 5.41. The lowest BCUT2D eigenvalue weighted by Crippen LogP contribution is -2.15. The Kier molecular flexibility index (Phi) is 4.74. The second-order valence-corrected chi connectivity index (χ2v) is 7.94. The van der Waals surface area contributed by atoms with Crippen LogP contribution in [0.15, 0.2) is 59.5 Å². The first-order valence-electron chi connectivity index (χ1n) is 7.99. The Hall–Kier alpha value is -2.44. The summed E-state index contributed by atoms with van der Waals surface area (Å²) >= 11 is 0. The molecule has 6 heteroatoms. The number of anilines is 1. The van der Waals surface area contributed by atoms with Crippen LogP contribution in [-0.2, 0) is 16.6 Å². The van der Waals surface area contributed by atoms with Gasteiger partial charge in [-0.2, -0.15) is 0 Å². The monoisotopic (exact) mass is 355 g/mol.